The number of unbranched alkanes of at least 4 members (excludes halogenated alkanes) is 6. The fourth-order valence-electron chi connectivity index (χ4n) is 1.60. The van der Waals surface area contributed by atoms with E-state index in [2.05, 4.69) is 11.9 Å². The summed E-state index contributed by atoms with van der Waals surface area (Å²) in [4.78, 5) is 23.9. The van der Waals surface area contributed by atoms with E-state index in [4.69, 9.17) is 5.11 Å². The van der Waals surface area contributed by atoms with Crippen LogP contribution in [0.25, 0.3) is 0 Å². The van der Waals surface area contributed by atoms with Gasteiger partial charge in [-0.15, -0.1) is 0 Å². The zero-order valence-electron chi connectivity index (χ0n) is 9.95. The molecule has 0 spiro atoms. The molecule has 4 nitrogen and oxygen atoms in total. The zero-order chi connectivity index (χ0) is 12.2. The first-order chi connectivity index (χ1) is 7.72. The quantitative estimate of drug-likeness (QED) is 0.354. The van der Waals surface area contributed by atoms with E-state index in [0.717, 1.165) is 19.3 Å². The molecule has 4 heteroatoms. The van der Waals surface area contributed by atoms with Crippen molar-refractivity contribution in [2.24, 2.45) is 4.99 Å². The molecule has 0 aliphatic heterocycles. The number of carbonyl (C=O) groups excluding carboxylic acids is 1. The van der Waals surface area contributed by atoms with Crippen LogP contribution in [0.1, 0.15) is 58.3 Å². The van der Waals surface area contributed by atoms with Crippen molar-refractivity contribution in [1.82, 2.24) is 0 Å². The van der Waals surface area contributed by atoms with Gasteiger partial charge in [-0.25, -0.2) is 9.59 Å². The third kappa shape index (κ3) is 8.18. The molecular weight excluding hydrogens is 206 g/mol. The highest BCUT2D eigenvalue weighted by Gasteiger charge is 2.14. The van der Waals surface area contributed by atoms with Crippen LogP contribution in [-0.4, -0.2) is 23.2 Å². The molecule has 0 radical (unpaired) electrons. The molecule has 92 valence electrons. The molecule has 1 atom stereocenters. The largest absolute Gasteiger partial charge is 0.480 e. The van der Waals surface area contributed by atoms with Crippen molar-refractivity contribution in [3.05, 3.63) is 0 Å². The first-order valence-electron chi connectivity index (χ1n) is 6.02. The van der Waals surface area contributed by atoms with Gasteiger partial charge in [-0.3, -0.25) is 0 Å². The van der Waals surface area contributed by atoms with Gasteiger partial charge in [0.25, 0.3) is 0 Å². The third-order valence-electron chi connectivity index (χ3n) is 2.57. The van der Waals surface area contributed by atoms with Gasteiger partial charge in [-0.1, -0.05) is 51.9 Å². The second-order valence-corrected chi connectivity index (χ2v) is 3.98. The molecule has 0 aromatic heterocycles. The first-order valence-corrected chi connectivity index (χ1v) is 6.02. The Kier molecular flexibility index (Phi) is 9.63. The minimum atomic E-state index is -1.03. The minimum absolute atomic E-state index is 0.443. The zero-order valence-corrected chi connectivity index (χ0v) is 9.95. The Morgan fingerprint density at radius 3 is 2.25 bits per heavy atom. The molecule has 0 aliphatic rings. The highest BCUT2D eigenvalue weighted by Crippen LogP contribution is 2.11. The Morgan fingerprint density at radius 2 is 1.75 bits per heavy atom. The Labute approximate surface area is 96.8 Å². The lowest BCUT2D eigenvalue weighted by Gasteiger charge is -2.04. The normalized spacial score (nSPS) is 11.8. The average Bonchev–Trinajstić information content (AvgIpc) is 2.26. The summed E-state index contributed by atoms with van der Waals surface area (Å²) in [5.41, 5.74) is 0. The molecule has 0 bridgehead atoms. The summed E-state index contributed by atoms with van der Waals surface area (Å²) in [5.74, 6) is -1.03. The number of carboxylic acid groups (broad SMARTS) is 1. The third-order valence-corrected chi connectivity index (χ3v) is 2.57. The summed E-state index contributed by atoms with van der Waals surface area (Å²) in [6.07, 6.45) is 9.69. The van der Waals surface area contributed by atoms with Gasteiger partial charge in [0.15, 0.2) is 6.04 Å². The van der Waals surface area contributed by atoms with Gasteiger partial charge in [0.2, 0.25) is 6.08 Å². The maximum atomic E-state index is 10.6. The first kappa shape index (κ1) is 14.8. The molecule has 16 heavy (non-hydrogen) atoms. The monoisotopic (exact) mass is 227 g/mol. The lowest BCUT2D eigenvalue weighted by molar-refractivity contribution is -0.138. The lowest BCUT2D eigenvalue weighted by Crippen LogP contribution is -2.17. The molecule has 0 saturated carbocycles. The fourth-order valence-corrected chi connectivity index (χ4v) is 1.60. The number of nitrogens with zero attached hydrogens (tertiary/aromatic N) is 1. The number of rotatable bonds is 10. The summed E-state index contributed by atoms with van der Waals surface area (Å²) in [5, 5.41) is 8.70. The van der Waals surface area contributed by atoms with E-state index in [0.29, 0.717) is 6.42 Å². The number of aliphatic carboxylic acids is 1. The van der Waals surface area contributed by atoms with Gasteiger partial charge in [0.05, 0.1) is 0 Å². The van der Waals surface area contributed by atoms with Crippen molar-refractivity contribution in [3.63, 3.8) is 0 Å². The van der Waals surface area contributed by atoms with Crippen LogP contribution in [0.2, 0.25) is 0 Å². The minimum Gasteiger partial charge on any atom is -0.480 e. The Bertz CT molecular complexity index is 232. The van der Waals surface area contributed by atoms with Crippen LogP contribution in [0.15, 0.2) is 4.99 Å². The van der Waals surface area contributed by atoms with Crippen LogP contribution in [-0.2, 0) is 9.59 Å². The van der Waals surface area contributed by atoms with E-state index in [9.17, 15) is 9.59 Å². The van der Waals surface area contributed by atoms with Crippen LogP contribution >= 0.6 is 0 Å². The Balaban J connectivity index is 3.48. The molecule has 0 saturated heterocycles. The maximum Gasteiger partial charge on any atom is 0.329 e. The van der Waals surface area contributed by atoms with E-state index in [-0.39, 0.29) is 0 Å². The SMILES string of the molecule is CCCCCCCCCC(N=C=O)C(=O)O. The van der Waals surface area contributed by atoms with E-state index in [1.807, 2.05) is 0 Å². The molecule has 0 aromatic rings. The lowest BCUT2D eigenvalue weighted by atomic mass is 10.1. The van der Waals surface area contributed by atoms with Gasteiger partial charge in [0, 0.05) is 0 Å². The Morgan fingerprint density at radius 1 is 1.19 bits per heavy atom. The van der Waals surface area contributed by atoms with Gasteiger partial charge in [0.1, 0.15) is 0 Å². The van der Waals surface area contributed by atoms with Crippen molar-refractivity contribution in [2.45, 2.75) is 64.3 Å². The van der Waals surface area contributed by atoms with Crippen LogP contribution in [0.3, 0.4) is 0 Å². The predicted molar refractivity (Wildman–Crippen MR) is 62.2 cm³/mol. The highest BCUT2D eigenvalue weighted by atomic mass is 16.4. The number of aliphatic imine (C=N–C) groups is 1. The molecule has 0 heterocycles. The highest BCUT2D eigenvalue weighted by molar-refractivity contribution is 5.74. The number of carbonyl (C=O) groups is 1. The van der Waals surface area contributed by atoms with Crippen molar-refractivity contribution < 1.29 is 14.7 Å². The number of hydrogen-bond acceptors (Lipinski definition) is 3. The summed E-state index contributed by atoms with van der Waals surface area (Å²) in [7, 11) is 0. The van der Waals surface area contributed by atoms with Gasteiger partial charge in [-0.2, -0.15) is 4.99 Å². The van der Waals surface area contributed by atoms with Crippen molar-refractivity contribution in [2.75, 3.05) is 0 Å². The summed E-state index contributed by atoms with van der Waals surface area (Å²) in [6.45, 7) is 2.18. The maximum absolute atomic E-state index is 10.6. The molecule has 0 aromatic carbocycles. The van der Waals surface area contributed by atoms with Crippen molar-refractivity contribution in [3.8, 4) is 0 Å². The molecule has 0 fully saturated rings. The number of hydrogen-bond donors (Lipinski definition) is 1. The van der Waals surface area contributed by atoms with E-state index >= 15 is 0 Å². The predicted octanol–water partition coefficient (Wildman–Crippen LogP) is 2.92. The standard InChI is InChI=1S/C12H21NO3/c1-2-3-4-5-6-7-8-9-11(12(15)16)13-10-14/h11H,2-9H2,1H3,(H,15,16). The van der Waals surface area contributed by atoms with Gasteiger partial charge < -0.3 is 5.11 Å². The molecule has 1 unspecified atom stereocenters. The van der Waals surface area contributed by atoms with Gasteiger partial charge >= 0.3 is 5.97 Å². The fraction of sp³-hybridized carbons (Fsp3) is 0.833. The van der Waals surface area contributed by atoms with Crippen LogP contribution < -0.4 is 0 Å². The van der Waals surface area contributed by atoms with Crippen LogP contribution in [0.5, 0.6) is 0 Å². The van der Waals surface area contributed by atoms with Gasteiger partial charge in [-0.05, 0) is 6.42 Å². The van der Waals surface area contributed by atoms with Crippen LogP contribution in [0.4, 0.5) is 0 Å². The number of isocyanates is 1. The average molecular weight is 227 g/mol. The second kappa shape index (κ2) is 10.4. The Hall–Kier alpha value is -1.15. The topological polar surface area (TPSA) is 66.7 Å². The van der Waals surface area contributed by atoms with E-state index in [1.54, 1.807) is 0 Å². The molecule has 0 amide bonds. The second-order valence-electron chi connectivity index (χ2n) is 3.98. The molecule has 1 N–H and O–H groups in total. The summed E-state index contributed by atoms with van der Waals surface area (Å²) in [6, 6.07) is -0.895. The number of carboxylic acids is 1. The summed E-state index contributed by atoms with van der Waals surface area (Å²) >= 11 is 0. The van der Waals surface area contributed by atoms with E-state index in [1.165, 1.54) is 31.8 Å². The molecule has 0 aliphatic carbocycles. The van der Waals surface area contributed by atoms with E-state index < -0.39 is 12.0 Å². The van der Waals surface area contributed by atoms with Crippen LogP contribution in [0, 0.1) is 0 Å². The van der Waals surface area contributed by atoms with Crippen molar-refractivity contribution in [1.29, 1.82) is 0 Å². The molecular formula is C12H21NO3. The molecule has 0 rings (SSSR count). The summed E-state index contributed by atoms with van der Waals surface area (Å²) < 4.78 is 0. The van der Waals surface area contributed by atoms with Crippen molar-refractivity contribution >= 4 is 12.0 Å². The smallest absolute Gasteiger partial charge is 0.329 e.